The van der Waals surface area contributed by atoms with Gasteiger partial charge in [-0.1, -0.05) is 176 Å². The number of benzene rings is 8. The van der Waals surface area contributed by atoms with Crippen LogP contribution in [0.3, 0.4) is 0 Å². The van der Waals surface area contributed by atoms with Gasteiger partial charge in [-0.15, -0.1) is 0 Å². The molecule has 0 bridgehead atoms. The number of rotatable bonds is 6. The van der Waals surface area contributed by atoms with Gasteiger partial charge >= 0.3 is 0 Å². The Morgan fingerprint density at radius 2 is 0.860 bits per heavy atom. The lowest BCUT2D eigenvalue weighted by Crippen LogP contribution is -1.96. The van der Waals surface area contributed by atoms with Gasteiger partial charge in [-0.3, -0.25) is 0 Å². The van der Waals surface area contributed by atoms with Crippen LogP contribution in [0.1, 0.15) is 0 Å². The van der Waals surface area contributed by atoms with Crippen molar-refractivity contribution in [1.29, 1.82) is 0 Å². The Labute approximate surface area is 329 Å². The van der Waals surface area contributed by atoms with Gasteiger partial charge in [0.15, 0.2) is 5.82 Å². The van der Waals surface area contributed by atoms with E-state index in [9.17, 15) is 0 Å². The maximum atomic E-state index is 6.39. The third-order valence-corrected chi connectivity index (χ3v) is 10.9. The van der Waals surface area contributed by atoms with Crippen LogP contribution < -0.4 is 0 Å². The molecule has 0 aliphatic carbocycles. The number of hydrogen-bond acceptors (Lipinski definition) is 4. The Hall–Kier alpha value is -7.69. The van der Waals surface area contributed by atoms with E-state index in [4.69, 9.17) is 19.4 Å². The molecule has 0 radical (unpaired) electrons. The Bertz CT molecular complexity index is 3250. The SMILES string of the molecule is c1ccc(-c2ccc(-c3cc(-c4ccc(-c5cccc6c5nc(-c5ccccc5)c5ccc7oc8ccccc8c7c56)cc4)nc(-c4ccccc4)n3)cc2)cc1. The van der Waals surface area contributed by atoms with Crippen LogP contribution in [0.2, 0.25) is 0 Å². The monoisotopic (exact) mass is 727 g/mol. The highest BCUT2D eigenvalue weighted by molar-refractivity contribution is 6.29. The molecule has 4 heteroatoms. The van der Waals surface area contributed by atoms with Crippen molar-refractivity contribution >= 4 is 43.6 Å². The van der Waals surface area contributed by atoms with Crippen molar-refractivity contribution in [1.82, 2.24) is 15.0 Å². The van der Waals surface area contributed by atoms with Crippen molar-refractivity contribution in [3.05, 3.63) is 200 Å². The highest BCUT2D eigenvalue weighted by Gasteiger charge is 2.19. The van der Waals surface area contributed by atoms with E-state index in [1.807, 2.05) is 42.5 Å². The van der Waals surface area contributed by atoms with Gasteiger partial charge in [0.25, 0.3) is 0 Å². The largest absolute Gasteiger partial charge is 0.456 e. The Kier molecular flexibility index (Phi) is 7.78. The van der Waals surface area contributed by atoms with Crippen LogP contribution in [-0.2, 0) is 0 Å². The van der Waals surface area contributed by atoms with E-state index in [0.29, 0.717) is 5.82 Å². The van der Waals surface area contributed by atoms with E-state index in [2.05, 4.69) is 158 Å². The topological polar surface area (TPSA) is 51.8 Å². The first kappa shape index (κ1) is 32.7. The van der Waals surface area contributed by atoms with E-state index in [1.165, 1.54) is 11.1 Å². The standard InChI is InChI=1S/C53H33N3O/c1-4-13-34(14-5-1)35-23-27-37(28-24-35)45-33-46(55-53(54-45)40-17-8-3-9-18-40)38-29-25-36(26-30-38)41-20-12-21-43-49-44(51(56-52(41)43)39-15-6-2-7-16-39)31-32-48-50(49)42-19-10-11-22-47(42)57-48/h1-33H. The van der Waals surface area contributed by atoms with Crippen molar-refractivity contribution in [3.63, 3.8) is 0 Å². The van der Waals surface area contributed by atoms with E-state index in [-0.39, 0.29) is 0 Å². The van der Waals surface area contributed by atoms with E-state index in [1.54, 1.807) is 0 Å². The fourth-order valence-corrected chi connectivity index (χ4v) is 8.12. The van der Waals surface area contributed by atoms with Crippen LogP contribution in [0.25, 0.3) is 111 Å². The molecule has 0 aliphatic heterocycles. The molecule has 0 spiro atoms. The normalized spacial score (nSPS) is 11.5. The van der Waals surface area contributed by atoms with Crippen molar-refractivity contribution in [3.8, 4) is 67.4 Å². The van der Waals surface area contributed by atoms with E-state index in [0.717, 1.165) is 94.1 Å². The van der Waals surface area contributed by atoms with E-state index < -0.39 is 0 Å². The molecule has 4 nitrogen and oxygen atoms in total. The third kappa shape index (κ3) is 5.74. The first-order valence-corrected chi connectivity index (χ1v) is 19.2. The third-order valence-electron chi connectivity index (χ3n) is 10.9. The number of aromatic nitrogens is 3. The summed E-state index contributed by atoms with van der Waals surface area (Å²) in [4.78, 5) is 15.6. The predicted molar refractivity (Wildman–Crippen MR) is 235 cm³/mol. The molecule has 3 aromatic heterocycles. The molecule has 3 heterocycles. The second-order valence-electron chi connectivity index (χ2n) is 14.3. The molecule has 0 atom stereocenters. The predicted octanol–water partition coefficient (Wildman–Crippen LogP) is 14.1. The molecule has 57 heavy (non-hydrogen) atoms. The smallest absolute Gasteiger partial charge is 0.160 e. The lowest BCUT2D eigenvalue weighted by atomic mass is 9.93. The highest BCUT2D eigenvalue weighted by atomic mass is 16.3. The van der Waals surface area contributed by atoms with Crippen LogP contribution in [0, 0.1) is 0 Å². The molecular weight excluding hydrogens is 695 g/mol. The lowest BCUT2D eigenvalue weighted by Gasteiger charge is -2.14. The summed E-state index contributed by atoms with van der Waals surface area (Å²) in [5.74, 6) is 0.691. The Morgan fingerprint density at radius 3 is 1.54 bits per heavy atom. The first-order valence-electron chi connectivity index (χ1n) is 19.2. The second-order valence-corrected chi connectivity index (χ2v) is 14.3. The van der Waals surface area contributed by atoms with Crippen molar-refractivity contribution in [2.24, 2.45) is 0 Å². The zero-order valence-corrected chi connectivity index (χ0v) is 30.8. The van der Waals surface area contributed by atoms with Crippen molar-refractivity contribution < 1.29 is 4.42 Å². The highest BCUT2D eigenvalue weighted by Crippen LogP contribution is 2.43. The molecule has 266 valence electrons. The molecule has 0 saturated heterocycles. The summed E-state index contributed by atoms with van der Waals surface area (Å²) in [6.45, 7) is 0. The summed E-state index contributed by atoms with van der Waals surface area (Å²) in [6.07, 6.45) is 0. The van der Waals surface area contributed by atoms with Gasteiger partial charge in [-0.2, -0.15) is 0 Å². The van der Waals surface area contributed by atoms with Crippen LogP contribution in [0.5, 0.6) is 0 Å². The minimum Gasteiger partial charge on any atom is -0.456 e. The summed E-state index contributed by atoms with van der Waals surface area (Å²) in [7, 11) is 0. The number of pyridine rings is 1. The summed E-state index contributed by atoms with van der Waals surface area (Å²) >= 11 is 0. The number of fused-ring (bicyclic) bond motifs is 7. The number of nitrogens with zero attached hydrogens (tertiary/aromatic N) is 3. The molecule has 0 N–H and O–H groups in total. The zero-order valence-electron chi connectivity index (χ0n) is 30.8. The number of para-hydroxylation sites is 2. The number of hydrogen-bond donors (Lipinski definition) is 0. The molecular formula is C53H33N3O. The van der Waals surface area contributed by atoms with Gasteiger partial charge in [0.2, 0.25) is 0 Å². The number of furan rings is 1. The average molecular weight is 728 g/mol. The quantitative estimate of drug-likeness (QED) is 0.160. The van der Waals surface area contributed by atoms with Crippen LogP contribution in [0.4, 0.5) is 0 Å². The fraction of sp³-hybridized carbons (Fsp3) is 0. The second kappa shape index (κ2) is 13.6. The first-order chi connectivity index (χ1) is 28.2. The average Bonchev–Trinajstić information content (AvgIpc) is 3.68. The minimum absolute atomic E-state index is 0.691. The van der Waals surface area contributed by atoms with Crippen molar-refractivity contribution in [2.75, 3.05) is 0 Å². The van der Waals surface area contributed by atoms with Crippen molar-refractivity contribution in [2.45, 2.75) is 0 Å². The fourth-order valence-electron chi connectivity index (χ4n) is 8.12. The summed E-state index contributed by atoms with van der Waals surface area (Å²) < 4.78 is 6.39. The summed E-state index contributed by atoms with van der Waals surface area (Å²) in [6, 6.07) is 69.6. The van der Waals surface area contributed by atoms with Gasteiger partial charge in [0.1, 0.15) is 11.2 Å². The Balaban J connectivity index is 1.06. The molecule has 8 aromatic carbocycles. The van der Waals surface area contributed by atoms with E-state index >= 15 is 0 Å². The molecule has 11 aromatic rings. The van der Waals surface area contributed by atoms with Crippen LogP contribution in [0.15, 0.2) is 205 Å². The molecule has 0 saturated carbocycles. The Morgan fingerprint density at radius 1 is 0.316 bits per heavy atom. The molecule has 0 unspecified atom stereocenters. The molecule has 11 rings (SSSR count). The van der Waals surface area contributed by atoms with Crippen LogP contribution >= 0.6 is 0 Å². The van der Waals surface area contributed by atoms with Gasteiger partial charge in [-0.25, -0.2) is 15.0 Å². The van der Waals surface area contributed by atoms with Gasteiger partial charge in [0, 0.05) is 54.7 Å². The zero-order chi connectivity index (χ0) is 37.7. The van der Waals surface area contributed by atoms with Crippen LogP contribution in [-0.4, -0.2) is 15.0 Å². The van der Waals surface area contributed by atoms with Gasteiger partial charge in [-0.05, 0) is 41.0 Å². The maximum Gasteiger partial charge on any atom is 0.160 e. The molecule has 0 aliphatic rings. The summed E-state index contributed by atoms with van der Waals surface area (Å²) in [5.41, 5.74) is 14.0. The molecule has 0 fully saturated rings. The molecule has 0 amide bonds. The minimum atomic E-state index is 0.691. The van der Waals surface area contributed by atoms with Gasteiger partial charge in [0.05, 0.1) is 22.6 Å². The maximum absolute atomic E-state index is 6.39. The summed E-state index contributed by atoms with van der Waals surface area (Å²) in [5, 5.41) is 5.56. The van der Waals surface area contributed by atoms with Gasteiger partial charge < -0.3 is 4.42 Å². The lowest BCUT2D eigenvalue weighted by molar-refractivity contribution is 0.669.